The van der Waals surface area contributed by atoms with Crippen LogP contribution in [0.4, 0.5) is 11.8 Å². The van der Waals surface area contributed by atoms with Crippen LogP contribution in [-0.4, -0.2) is 35.3 Å². The van der Waals surface area contributed by atoms with Crippen LogP contribution >= 0.6 is 0 Å². The van der Waals surface area contributed by atoms with Gasteiger partial charge in [0.1, 0.15) is 5.82 Å². The summed E-state index contributed by atoms with van der Waals surface area (Å²) in [5.41, 5.74) is 6.82. The number of aliphatic hydroxyl groups excluding tert-OH is 1. The minimum Gasteiger partial charge on any atom is -0.396 e. The molecule has 106 valence electrons. The van der Waals surface area contributed by atoms with Crippen LogP contribution in [-0.2, 0) is 6.42 Å². The smallest absolute Gasteiger partial charge is 0.221 e. The Morgan fingerprint density at radius 3 is 2.68 bits per heavy atom. The van der Waals surface area contributed by atoms with E-state index >= 15 is 0 Å². The summed E-state index contributed by atoms with van der Waals surface area (Å²) >= 11 is 0. The van der Waals surface area contributed by atoms with Crippen molar-refractivity contribution in [2.45, 2.75) is 39.0 Å². The Morgan fingerprint density at radius 1 is 1.42 bits per heavy atom. The first-order chi connectivity index (χ1) is 9.10. The molecule has 0 spiro atoms. The molecule has 0 aromatic carbocycles. The van der Waals surface area contributed by atoms with E-state index in [0.717, 1.165) is 37.2 Å². The van der Waals surface area contributed by atoms with Crippen molar-refractivity contribution >= 4 is 11.8 Å². The number of hydrogen-bond donors (Lipinski definition) is 2. The molecule has 0 radical (unpaired) electrons. The van der Waals surface area contributed by atoms with Crippen molar-refractivity contribution in [3.8, 4) is 0 Å². The zero-order valence-electron chi connectivity index (χ0n) is 11.9. The first kappa shape index (κ1) is 14.1. The molecule has 1 aromatic heterocycles. The number of nitrogen functional groups attached to an aromatic ring is 1. The molecule has 5 heteroatoms. The molecule has 1 aliphatic carbocycles. The first-order valence-corrected chi connectivity index (χ1v) is 7.03. The summed E-state index contributed by atoms with van der Waals surface area (Å²) < 4.78 is 0. The lowest BCUT2D eigenvalue weighted by Gasteiger charge is -2.33. The highest BCUT2D eigenvalue weighted by Gasteiger charge is 2.34. The standard InChI is InChI=1S/C14H24N4O/c1-3-11-8-16-13(15)17-12(11)18(2)9-14(10-19)6-4-5-7-14/h8,19H,3-7,9-10H2,1-2H3,(H2,15,16,17). The summed E-state index contributed by atoms with van der Waals surface area (Å²) in [6.45, 7) is 3.16. The second-order valence-corrected chi connectivity index (χ2v) is 5.65. The van der Waals surface area contributed by atoms with Crippen molar-refractivity contribution in [3.05, 3.63) is 11.8 Å². The molecule has 0 unspecified atom stereocenters. The fourth-order valence-corrected chi connectivity index (χ4v) is 3.06. The molecule has 19 heavy (non-hydrogen) atoms. The maximum Gasteiger partial charge on any atom is 0.221 e. The van der Waals surface area contributed by atoms with Crippen LogP contribution in [0.15, 0.2) is 6.20 Å². The third-order valence-corrected chi connectivity index (χ3v) is 4.17. The highest BCUT2D eigenvalue weighted by molar-refractivity contribution is 5.48. The van der Waals surface area contributed by atoms with E-state index in [1.54, 1.807) is 6.20 Å². The van der Waals surface area contributed by atoms with Gasteiger partial charge in [0.2, 0.25) is 5.95 Å². The van der Waals surface area contributed by atoms with Crippen molar-refractivity contribution in [2.24, 2.45) is 5.41 Å². The third kappa shape index (κ3) is 2.97. The van der Waals surface area contributed by atoms with Gasteiger partial charge in [-0.25, -0.2) is 4.98 Å². The maximum atomic E-state index is 9.71. The van der Waals surface area contributed by atoms with Gasteiger partial charge in [-0.05, 0) is 19.3 Å². The molecule has 0 atom stereocenters. The molecule has 5 nitrogen and oxygen atoms in total. The molecular weight excluding hydrogens is 240 g/mol. The summed E-state index contributed by atoms with van der Waals surface area (Å²) in [6.07, 6.45) is 7.29. The van der Waals surface area contributed by atoms with E-state index in [1.165, 1.54) is 12.8 Å². The fraction of sp³-hybridized carbons (Fsp3) is 0.714. The molecule has 0 bridgehead atoms. The van der Waals surface area contributed by atoms with Crippen molar-refractivity contribution in [1.29, 1.82) is 0 Å². The topological polar surface area (TPSA) is 75.3 Å². The number of anilines is 2. The number of aliphatic hydroxyl groups is 1. The summed E-state index contributed by atoms with van der Waals surface area (Å²) in [6, 6.07) is 0. The Hall–Kier alpha value is -1.36. The molecule has 2 rings (SSSR count). The van der Waals surface area contributed by atoms with Crippen LogP contribution in [0.5, 0.6) is 0 Å². The Labute approximate surface area is 114 Å². The van der Waals surface area contributed by atoms with E-state index in [2.05, 4.69) is 21.8 Å². The molecule has 0 saturated heterocycles. The minimum absolute atomic E-state index is 0.0273. The Balaban J connectivity index is 2.19. The summed E-state index contributed by atoms with van der Waals surface area (Å²) in [5.74, 6) is 1.21. The highest BCUT2D eigenvalue weighted by Crippen LogP contribution is 2.39. The van der Waals surface area contributed by atoms with E-state index < -0.39 is 0 Å². The van der Waals surface area contributed by atoms with Gasteiger partial charge in [-0.15, -0.1) is 0 Å². The van der Waals surface area contributed by atoms with E-state index in [4.69, 9.17) is 5.73 Å². The zero-order chi connectivity index (χ0) is 13.9. The zero-order valence-corrected chi connectivity index (χ0v) is 11.9. The number of aromatic nitrogens is 2. The SMILES string of the molecule is CCc1cnc(N)nc1N(C)CC1(CO)CCCC1. The molecule has 1 saturated carbocycles. The van der Waals surface area contributed by atoms with Crippen LogP contribution in [0, 0.1) is 5.41 Å². The quantitative estimate of drug-likeness (QED) is 0.845. The van der Waals surface area contributed by atoms with Crippen LogP contribution < -0.4 is 10.6 Å². The Morgan fingerprint density at radius 2 is 2.11 bits per heavy atom. The van der Waals surface area contributed by atoms with Gasteiger partial charge in [-0.2, -0.15) is 4.98 Å². The van der Waals surface area contributed by atoms with Crippen molar-refractivity contribution < 1.29 is 5.11 Å². The van der Waals surface area contributed by atoms with Gasteiger partial charge in [-0.3, -0.25) is 0 Å². The van der Waals surface area contributed by atoms with Gasteiger partial charge in [0.15, 0.2) is 0 Å². The maximum absolute atomic E-state index is 9.71. The molecule has 1 heterocycles. The Bertz CT molecular complexity index is 429. The van der Waals surface area contributed by atoms with Crippen molar-refractivity contribution in [3.63, 3.8) is 0 Å². The van der Waals surface area contributed by atoms with Crippen molar-refractivity contribution in [1.82, 2.24) is 9.97 Å². The second-order valence-electron chi connectivity index (χ2n) is 5.65. The van der Waals surface area contributed by atoms with Gasteiger partial charge >= 0.3 is 0 Å². The normalized spacial score (nSPS) is 17.6. The molecule has 1 aromatic rings. The lowest BCUT2D eigenvalue weighted by atomic mass is 9.86. The van der Waals surface area contributed by atoms with Gasteiger partial charge in [0, 0.05) is 30.8 Å². The van der Waals surface area contributed by atoms with E-state index in [1.807, 2.05) is 7.05 Å². The van der Waals surface area contributed by atoms with Crippen LogP contribution in [0.25, 0.3) is 0 Å². The molecule has 3 N–H and O–H groups in total. The lowest BCUT2D eigenvalue weighted by Crippen LogP contribution is -2.37. The number of nitrogens with two attached hydrogens (primary N) is 1. The van der Waals surface area contributed by atoms with Gasteiger partial charge in [0.25, 0.3) is 0 Å². The van der Waals surface area contributed by atoms with Gasteiger partial charge in [-0.1, -0.05) is 19.8 Å². The molecule has 1 aliphatic rings. The monoisotopic (exact) mass is 264 g/mol. The Kier molecular flexibility index (Phi) is 4.24. The van der Waals surface area contributed by atoms with Crippen LogP contribution in [0.1, 0.15) is 38.2 Å². The van der Waals surface area contributed by atoms with Crippen molar-refractivity contribution in [2.75, 3.05) is 30.8 Å². The van der Waals surface area contributed by atoms with Crippen LogP contribution in [0.3, 0.4) is 0 Å². The molecule has 0 aliphatic heterocycles. The largest absolute Gasteiger partial charge is 0.396 e. The first-order valence-electron chi connectivity index (χ1n) is 7.03. The second kappa shape index (κ2) is 5.74. The van der Waals surface area contributed by atoms with Gasteiger partial charge < -0.3 is 15.7 Å². The number of aryl methyl sites for hydroxylation is 1. The average molecular weight is 264 g/mol. The average Bonchev–Trinajstić information content (AvgIpc) is 2.87. The predicted octanol–water partition coefficient (Wildman–Crippen LogP) is 1.61. The summed E-state index contributed by atoms with van der Waals surface area (Å²) in [7, 11) is 2.02. The number of hydrogen-bond acceptors (Lipinski definition) is 5. The molecule has 0 amide bonds. The van der Waals surface area contributed by atoms with Crippen LogP contribution in [0.2, 0.25) is 0 Å². The predicted molar refractivity (Wildman–Crippen MR) is 77.1 cm³/mol. The minimum atomic E-state index is 0.0273. The van der Waals surface area contributed by atoms with Gasteiger partial charge in [0.05, 0.1) is 6.61 Å². The van der Waals surface area contributed by atoms with E-state index in [9.17, 15) is 5.11 Å². The lowest BCUT2D eigenvalue weighted by molar-refractivity contribution is 0.136. The third-order valence-electron chi connectivity index (χ3n) is 4.17. The number of nitrogens with zero attached hydrogens (tertiary/aromatic N) is 3. The molecular formula is C14H24N4O. The summed E-state index contributed by atoms with van der Waals surface area (Å²) in [4.78, 5) is 10.5. The number of rotatable bonds is 5. The van der Waals surface area contributed by atoms with E-state index in [0.29, 0.717) is 5.95 Å². The highest BCUT2D eigenvalue weighted by atomic mass is 16.3. The fourth-order valence-electron chi connectivity index (χ4n) is 3.06. The summed E-state index contributed by atoms with van der Waals surface area (Å²) in [5, 5.41) is 9.71. The molecule has 1 fully saturated rings. The van der Waals surface area contributed by atoms with E-state index in [-0.39, 0.29) is 12.0 Å².